The summed E-state index contributed by atoms with van der Waals surface area (Å²) in [6.45, 7) is 4.07. The molecule has 1 aromatic heterocycles. The van der Waals surface area contributed by atoms with Gasteiger partial charge in [-0.2, -0.15) is 0 Å². The van der Waals surface area contributed by atoms with Gasteiger partial charge in [-0.25, -0.2) is 9.78 Å². The fraction of sp³-hybridized carbons (Fsp3) is 0.600. The molecular formula is C15H20N2O2. The van der Waals surface area contributed by atoms with Gasteiger partial charge in [0.25, 0.3) is 0 Å². The van der Waals surface area contributed by atoms with Gasteiger partial charge in [-0.05, 0) is 49.7 Å². The molecule has 1 unspecified atom stereocenters. The maximum atomic E-state index is 11.5. The molecule has 1 aliphatic carbocycles. The first-order chi connectivity index (χ1) is 9.15. The highest BCUT2D eigenvalue weighted by Gasteiger charge is 2.25. The third-order valence-corrected chi connectivity index (χ3v) is 4.22. The van der Waals surface area contributed by atoms with Gasteiger partial charge in [0.15, 0.2) is 0 Å². The molecule has 2 heterocycles. The van der Waals surface area contributed by atoms with E-state index >= 15 is 0 Å². The highest BCUT2D eigenvalue weighted by Crippen LogP contribution is 2.30. The van der Waals surface area contributed by atoms with Gasteiger partial charge in [-0.15, -0.1) is 0 Å². The lowest BCUT2D eigenvalue weighted by atomic mass is 9.99. The average molecular weight is 260 g/mol. The summed E-state index contributed by atoms with van der Waals surface area (Å²) < 4.78 is 0. The van der Waals surface area contributed by atoms with Gasteiger partial charge in [0.05, 0.1) is 0 Å². The van der Waals surface area contributed by atoms with Crippen LogP contribution in [0.25, 0.3) is 0 Å². The normalized spacial score (nSPS) is 22.4. The zero-order valence-electron chi connectivity index (χ0n) is 11.4. The summed E-state index contributed by atoms with van der Waals surface area (Å²) in [7, 11) is 0. The molecule has 102 valence electrons. The number of carboxylic acids is 1. The van der Waals surface area contributed by atoms with Crippen molar-refractivity contribution in [3.8, 4) is 0 Å². The monoisotopic (exact) mass is 260 g/mol. The molecule has 1 saturated heterocycles. The van der Waals surface area contributed by atoms with E-state index in [-0.39, 0.29) is 0 Å². The van der Waals surface area contributed by atoms with E-state index in [2.05, 4.69) is 16.8 Å². The molecule has 1 aliphatic heterocycles. The Morgan fingerprint density at radius 1 is 1.42 bits per heavy atom. The van der Waals surface area contributed by atoms with Crippen molar-refractivity contribution >= 4 is 11.8 Å². The van der Waals surface area contributed by atoms with E-state index in [1.807, 2.05) is 6.07 Å². The standard InChI is InChI=1S/C15H20N2O2/c1-10-4-3-7-17(9-10)14-12(15(18)19)8-11-5-2-6-13(11)16-14/h8,10H,2-7,9H2,1H3,(H,18,19). The molecule has 2 aliphatic rings. The summed E-state index contributed by atoms with van der Waals surface area (Å²) in [5, 5.41) is 9.43. The number of hydrogen-bond donors (Lipinski definition) is 1. The summed E-state index contributed by atoms with van der Waals surface area (Å²) in [6.07, 6.45) is 5.41. The van der Waals surface area contributed by atoms with Gasteiger partial charge in [-0.3, -0.25) is 0 Å². The molecular weight excluding hydrogens is 240 g/mol. The Labute approximate surface area is 113 Å². The molecule has 1 atom stereocenters. The summed E-state index contributed by atoms with van der Waals surface area (Å²) in [6, 6.07) is 1.85. The van der Waals surface area contributed by atoms with Crippen molar-refractivity contribution in [1.82, 2.24) is 4.98 Å². The topological polar surface area (TPSA) is 53.4 Å². The summed E-state index contributed by atoms with van der Waals surface area (Å²) >= 11 is 0. The number of rotatable bonds is 2. The maximum absolute atomic E-state index is 11.5. The lowest BCUT2D eigenvalue weighted by Gasteiger charge is -2.33. The fourth-order valence-electron chi connectivity index (χ4n) is 3.24. The van der Waals surface area contributed by atoms with Crippen LogP contribution in [-0.2, 0) is 12.8 Å². The molecule has 0 spiro atoms. The SMILES string of the molecule is CC1CCCN(c2nc3c(cc2C(=O)O)CCC3)C1. The molecule has 19 heavy (non-hydrogen) atoms. The molecule has 1 aromatic rings. The lowest BCUT2D eigenvalue weighted by molar-refractivity contribution is 0.0697. The summed E-state index contributed by atoms with van der Waals surface area (Å²) in [5.41, 5.74) is 2.62. The van der Waals surface area contributed by atoms with Crippen LogP contribution in [0.2, 0.25) is 0 Å². The number of nitrogens with zero attached hydrogens (tertiary/aromatic N) is 2. The Bertz CT molecular complexity index is 513. The second-order valence-corrected chi connectivity index (χ2v) is 5.82. The molecule has 0 bridgehead atoms. The van der Waals surface area contributed by atoms with Gasteiger partial charge in [0.1, 0.15) is 11.4 Å². The van der Waals surface area contributed by atoms with Crippen molar-refractivity contribution in [3.05, 3.63) is 22.9 Å². The van der Waals surface area contributed by atoms with E-state index in [0.717, 1.165) is 50.0 Å². The first-order valence-corrected chi connectivity index (χ1v) is 7.16. The summed E-state index contributed by atoms with van der Waals surface area (Å²) in [5.74, 6) is 0.459. The lowest BCUT2D eigenvalue weighted by Crippen LogP contribution is -2.36. The largest absolute Gasteiger partial charge is 0.478 e. The maximum Gasteiger partial charge on any atom is 0.339 e. The van der Waals surface area contributed by atoms with Crippen LogP contribution in [-0.4, -0.2) is 29.1 Å². The zero-order valence-corrected chi connectivity index (χ0v) is 11.4. The Morgan fingerprint density at radius 2 is 2.26 bits per heavy atom. The number of anilines is 1. The van der Waals surface area contributed by atoms with Crippen LogP contribution in [0.5, 0.6) is 0 Å². The van der Waals surface area contributed by atoms with Crippen LogP contribution in [0, 0.1) is 5.92 Å². The first kappa shape index (κ1) is 12.5. The highest BCUT2D eigenvalue weighted by molar-refractivity contribution is 5.93. The predicted octanol–water partition coefficient (Wildman–Crippen LogP) is 2.50. The van der Waals surface area contributed by atoms with Crippen LogP contribution in [0.4, 0.5) is 5.82 Å². The van der Waals surface area contributed by atoms with Crippen molar-refractivity contribution in [2.75, 3.05) is 18.0 Å². The molecule has 1 fully saturated rings. The number of carboxylic acid groups (broad SMARTS) is 1. The van der Waals surface area contributed by atoms with Crippen molar-refractivity contribution < 1.29 is 9.90 Å². The van der Waals surface area contributed by atoms with Gasteiger partial charge in [0, 0.05) is 18.8 Å². The van der Waals surface area contributed by atoms with Crippen molar-refractivity contribution in [2.24, 2.45) is 5.92 Å². The Balaban J connectivity index is 2.01. The molecule has 4 nitrogen and oxygen atoms in total. The van der Waals surface area contributed by atoms with E-state index < -0.39 is 5.97 Å². The Kier molecular flexibility index (Phi) is 3.17. The number of pyridine rings is 1. The minimum absolute atomic E-state index is 0.384. The third kappa shape index (κ3) is 2.31. The van der Waals surface area contributed by atoms with Gasteiger partial charge in [-0.1, -0.05) is 6.92 Å². The second-order valence-electron chi connectivity index (χ2n) is 5.82. The van der Waals surface area contributed by atoms with E-state index in [9.17, 15) is 9.90 Å². The number of aryl methyl sites for hydroxylation is 2. The van der Waals surface area contributed by atoms with E-state index in [1.54, 1.807) is 0 Å². The Hall–Kier alpha value is -1.58. The van der Waals surface area contributed by atoms with Crippen molar-refractivity contribution in [1.29, 1.82) is 0 Å². The molecule has 1 N–H and O–H groups in total. The number of carbonyl (C=O) groups is 1. The van der Waals surface area contributed by atoms with Gasteiger partial charge in [0.2, 0.25) is 0 Å². The van der Waals surface area contributed by atoms with Crippen LogP contribution >= 0.6 is 0 Å². The number of hydrogen-bond acceptors (Lipinski definition) is 3. The quantitative estimate of drug-likeness (QED) is 0.887. The van der Waals surface area contributed by atoms with Crippen LogP contribution in [0.15, 0.2) is 6.07 Å². The molecule has 0 saturated carbocycles. The van der Waals surface area contributed by atoms with E-state index in [4.69, 9.17) is 0 Å². The molecule has 3 rings (SSSR count). The first-order valence-electron chi connectivity index (χ1n) is 7.16. The average Bonchev–Trinajstić information content (AvgIpc) is 2.84. The number of aromatic carboxylic acids is 1. The third-order valence-electron chi connectivity index (χ3n) is 4.22. The number of aromatic nitrogens is 1. The van der Waals surface area contributed by atoms with Crippen LogP contribution in [0.1, 0.15) is 47.8 Å². The van der Waals surface area contributed by atoms with Gasteiger partial charge >= 0.3 is 5.97 Å². The molecule has 0 amide bonds. The van der Waals surface area contributed by atoms with Crippen molar-refractivity contribution in [2.45, 2.75) is 39.0 Å². The number of piperidine rings is 1. The van der Waals surface area contributed by atoms with E-state index in [0.29, 0.717) is 17.3 Å². The molecule has 0 aromatic carbocycles. The zero-order chi connectivity index (χ0) is 13.4. The molecule has 0 radical (unpaired) electrons. The van der Waals surface area contributed by atoms with E-state index in [1.165, 1.54) is 6.42 Å². The Morgan fingerprint density at radius 3 is 3.00 bits per heavy atom. The highest BCUT2D eigenvalue weighted by atomic mass is 16.4. The smallest absolute Gasteiger partial charge is 0.339 e. The second kappa shape index (κ2) is 4.83. The fourth-order valence-corrected chi connectivity index (χ4v) is 3.24. The number of fused-ring (bicyclic) bond motifs is 1. The predicted molar refractivity (Wildman–Crippen MR) is 73.8 cm³/mol. The van der Waals surface area contributed by atoms with Crippen molar-refractivity contribution in [3.63, 3.8) is 0 Å². The van der Waals surface area contributed by atoms with Gasteiger partial charge < -0.3 is 10.0 Å². The van der Waals surface area contributed by atoms with Crippen LogP contribution < -0.4 is 4.90 Å². The van der Waals surface area contributed by atoms with Crippen LogP contribution in [0.3, 0.4) is 0 Å². The summed E-state index contributed by atoms with van der Waals surface area (Å²) in [4.78, 5) is 18.3. The molecule has 4 heteroatoms. The minimum Gasteiger partial charge on any atom is -0.478 e. The minimum atomic E-state index is -0.851.